The largest absolute Gasteiger partial charge is 0.509 e. The van der Waals surface area contributed by atoms with Crippen LogP contribution in [0.25, 0.3) is 0 Å². The molecular weight excluding hydrogens is 170 g/mol. The number of rotatable bonds is 1. The van der Waals surface area contributed by atoms with E-state index in [-0.39, 0.29) is 6.10 Å². The van der Waals surface area contributed by atoms with Crippen molar-refractivity contribution in [3.8, 4) is 0 Å². The highest BCUT2D eigenvalue weighted by molar-refractivity contribution is 5.60. The summed E-state index contributed by atoms with van der Waals surface area (Å²) in [6.07, 6.45) is 0.287. The fourth-order valence-corrected chi connectivity index (χ4v) is 1.14. The minimum absolute atomic E-state index is 0.0187. The fraction of sp³-hybridized carbons (Fsp3) is 0.889. The number of carbonyl (C=O) groups excluding carboxylic acids is 1. The van der Waals surface area contributed by atoms with E-state index in [2.05, 4.69) is 5.32 Å². The highest BCUT2D eigenvalue weighted by Gasteiger charge is 2.23. The first kappa shape index (κ1) is 10.3. The molecule has 0 spiro atoms. The van der Waals surface area contributed by atoms with Gasteiger partial charge in [0.1, 0.15) is 11.7 Å². The molecule has 0 aromatic carbocycles. The molecule has 1 fully saturated rings. The molecule has 1 atom stereocenters. The molecule has 1 heterocycles. The van der Waals surface area contributed by atoms with E-state index in [4.69, 9.17) is 9.47 Å². The van der Waals surface area contributed by atoms with Gasteiger partial charge in [0.15, 0.2) is 0 Å². The van der Waals surface area contributed by atoms with Gasteiger partial charge in [0.2, 0.25) is 0 Å². The highest BCUT2D eigenvalue weighted by atomic mass is 16.7. The van der Waals surface area contributed by atoms with Crippen molar-refractivity contribution < 1.29 is 14.3 Å². The van der Waals surface area contributed by atoms with Gasteiger partial charge in [-0.3, -0.25) is 0 Å². The first-order valence-corrected chi connectivity index (χ1v) is 4.58. The van der Waals surface area contributed by atoms with Crippen molar-refractivity contribution in [1.82, 2.24) is 5.32 Å². The summed E-state index contributed by atoms with van der Waals surface area (Å²) < 4.78 is 10.1. The van der Waals surface area contributed by atoms with E-state index in [9.17, 15) is 4.79 Å². The number of hydrogen-bond acceptors (Lipinski definition) is 4. The zero-order valence-electron chi connectivity index (χ0n) is 8.42. The molecule has 76 valence electrons. The Morgan fingerprint density at radius 1 is 1.46 bits per heavy atom. The van der Waals surface area contributed by atoms with Crippen LogP contribution in [0.4, 0.5) is 4.79 Å². The van der Waals surface area contributed by atoms with Gasteiger partial charge in [-0.1, -0.05) is 0 Å². The van der Waals surface area contributed by atoms with Crippen molar-refractivity contribution in [2.24, 2.45) is 0 Å². The average molecular weight is 187 g/mol. The Bertz CT molecular complexity index is 180. The van der Waals surface area contributed by atoms with Crippen LogP contribution in [0.2, 0.25) is 0 Å². The molecule has 4 heteroatoms. The van der Waals surface area contributed by atoms with Crippen LogP contribution >= 0.6 is 0 Å². The molecule has 0 aromatic rings. The smallest absolute Gasteiger partial charge is 0.430 e. The second kappa shape index (κ2) is 3.96. The zero-order chi connectivity index (χ0) is 9.90. The van der Waals surface area contributed by atoms with E-state index in [1.807, 2.05) is 20.8 Å². The summed E-state index contributed by atoms with van der Waals surface area (Å²) in [5, 5.41) is 3.11. The Morgan fingerprint density at radius 2 is 2.15 bits per heavy atom. The molecule has 0 aromatic heterocycles. The molecule has 13 heavy (non-hydrogen) atoms. The fourth-order valence-electron chi connectivity index (χ4n) is 1.14. The van der Waals surface area contributed by atoms with Gasteiger partial charge in [-0.15, -0.1) is 0 Å². The average Bonchev–Trinajstić information content (AvgIpc) is 2.34. The summed E-state index contributed by atoms with van der Waals surface area (Å²) in [5.74, 6) is 0. The third-order valence-corrected chi connectivity index (χ3v) is 1.67. The van der Waals surface area contributed by atoms with E-state index in [1.54, 1.807) is 0 Å². The summed E-state index contributed by atoms with van der Waals surface area (Å²) in [5.41, 5.74) is -0.469. The van der Waals surface area contributed by atoms with Crippen LogP contribution in [0, 0.1) is 0 Å². The molecule has 0 amide bonds. The third kappa shape index (κ3) is 4.12. The quantitative estimate of drug-likeness (QED) is 0.628. The van der Waals surface area contributed by atoms with Crippen LogP contribution in [0.1, 0.15) is 27.2 Å². The first-order chi connectivity index (χ1) is 5.97. The van der Waals surface area contributed by atoms with Gasteiger partial charge in [-0.2, -0.15) is 0 Å². The van der Waals surface area contributed by atoms with Crippen LogP contribution in [-0.2, 0) is 9.47 Å². The lowest BCUT2D eigenvalue weighted by Crippen LogP contribution is -2.28. The van der Waals surface area contributed by atoms with E-state index >= 15 is 0 Å². The Balaban J connectivity index is 2.24. The maximum Gasteiger partial charge on any atom is 0.509 e. The van der Waals surface area contributed by atoms with Crippen LogP contribution < -0.4 is 5.32 Å². The molecule has 0 saturated carbocycles. The Morgan fingerprint density at radius 3 is 2.62 bits per heavy atom. The molecule has 4 nitrogen and oxygen atoms in total. The van der Waals surface area contributed by atoms with Crippen LogP contribution in [0.15, 0.2) is 0 Å². The number of nitrogens with one attached hydrogen (secondary N) is 1. The van der Waals surface area contributed by atoms with Gasteiger partial charge < -0.3 is 14.8 Å². The molecule has 0 aliphatic carbocycles. The molecule has 0 unspecified atom stereocenters. The minimum Gasteiger partial charge on any atom is -0.430 e. The van der Waals surface area contributed by atoms with Crippen LogP contribution in [-0.4, -0.2) is 30.9 Å². The predicted octanol–water partition coefficient (Wildman–Crippen LogP) is 1.30. The van der Waals surface area contributed by atoms with Crippen molar-refractivity contribution >= 4 is 6.16 Å². The predicted molar refractivity (Wildman–Crippen MR) is 48.6 cm³/mol. The molecule has 1 saturated heterocycles. The summed E-state index contributed by atoms with van der Waals surface area (Å²) in [6, 6.07) is 0. The van der Waals surface area contributed by atoms with Crippen LogP contribution in [0.3, 0.4) is 0 Å². The second-order valence-corrected chi connectivity index (χ2v) is 4.20. The number of carbonyl (C=O) groups is 1. The van der Waals surface area contributed by atoms with Crippen molar-refractivity contribution in [2.45, 2.75) is 38.9 Å². The monoisotopic (exact) mass is 187 g/mol. The molecule has 1 rings (SSSR count). The topological polar surface area (TPSA) is 47.6 Å². The molecule has 1 N–H and O–H groups in total. The maximum atomic E-state index is 11.1. The molecular formula is C9H17NO3. The highest BCUT2D eigenvalue weighted by Crippen LogP contribution is 2.11. The van der Waals surface area contributed by atoms with Crippen LogP contribution in [0.5, 0.6) is 0 Å². The summed E-state index contributed by atoms with van der Waals surface area (Å²) in [6.45, 7) is 7.11. The standard InChI is InChI=1S/C9H17NO3/c1-9(2,3)13-8(11)12-7-4-5-10-6-7/h7,10H,4-6H2,1-3H3/t7-/m0/s1. The van der Waals surface area contributed by atoms with E-state index in [0.29, 0.717) is 0 Å². The zero-order valence-corrected chi connectivity index (χ0v) is 8.42. The first-order valence-electron chi connectivity index (χ1n) is 4.58. The van der Waals surface area contributed by atoms with Crippen molar-refractivity contribution in [1.29, 1.82) is 0 Å². The summed E-state index contributed by atoms with van der Waals surface area (Å²) in [7, 11) is 0. The molecule has 0 bridgehead atoms. The Hall–Kier alpha value is -0.770. The lowest BCUT2D eigenvalue weighted by molar-refractivity contribution is -0.0228. The van der Waals surface area contributed by atoms with Crippen molar-refractivity contribution in [2.75, 3.05) is 13.1 Å². The third-order valence-electron chi connectivity index (χ3n) is 1.67. The minimum atomic E-state index is -0.568. The van der Waals surface area contributed by atoms with Gasteiger partial charge in [0.25, 0.3) is 0 Å². The Labute approximate surface area is 78.6 Å². The van der Waals surface area contributed by atoms with Crippen molar-refractivity contribution in [3.63, 3.8) is 0 Å². The van der Waals surface area contributed by atoms with E-state index < -0.39 is 11.8 Å². The number of ether oxygens (including phenoxy) is 2. The van der Waals surface area contributed by atoms with E-state index in [1.165, 1.54) is 0 Å². The van der Waals surface area contributed by atoms with Gasteiger partial charge >= 0.3 is 6.16 Å². The van der Waals surface area contributed by atoms with E-state index in [0.717, 1.165) is 19.5 Å². The van der Waals surface area contributed by atoms with Gasteiger partial charge in [-0.25, -0.2) is 4.79 Å². The maximum absolute atomic E-state index is 11.1. The number of hydrogen-bond donors (Lipinski definition) is 1. The van der Waals surface area contributed by atoms with Gasteiger partial charge in [0.05, 0.1) is 0 Å². The van der Waals surface area contributed by atoms with Gasteiger partial charge in [-0.05, 0) is 33.7 Å². The van der Waals surface area contributed by atoms with Gasteiger partial charge in [0, 0.05) is 6.54 Å². The SMILES string of the molecule is CC(C)(C)OC(=O)O[C@H]1CCNC1. The lowest BCUT2D eigenvalue weighted by atomic mass is 10.2. The summed E-state index contributed by atoms with van der Waals surface area (Å²) in [4.78, 5) is 11.1. The van der Waals surface area contributed by atoms with Crippen molar-refractivity contribution in [3.05, 3.63) is 0 Å². The summed E-state index contributed by atoms with van der Waals surface area (Å²) >= 11 is 0. The molecule has 1 aliphatic heterocycles. The molecule has 0 radical (unpaired) electrons. The second-order valence-electron chi connectivity index (χ2n) is 4.20. The normalized spacial score (nSPS) is 22.8. The molecule has 1 aliphatic rings. The lowest BCUT2D eigenvalue weighted by Gasteiger charge is -2.20. The Kier molecular flexibility index (Phi) is 3.14.